The molecule has 2 nitrogen and oxygen atoms in total. The summed E-state index contributed by atoms with van der Waals surface area (Å²) >= 11 is 0. The third kappa shape index (κ3) is 2.28. The summed E-state index contributed by atoms with van der Waals surface area (Å²) in [7, 11) is 0. The Morgan fingerprint density at radius 3 is 2.88 bits per heavy atom. The highest BCUT2D eigenvalue weighted by Crippen LogP contribution is 2.34. The molecule has 17 heavy (non-hydrogen) atoms. The molecule has 0 bridgehead atoms. The van der Waals surface area contributed by atoms with Crippen LogP contribution in [0.1, 0.15) is 75.0 Å². The summed E-state index contributed by atoms with van der Waals surface area (Å²) in [4.78, 5) is 0. The minimum atomic E-state index is 0.276. The van der Waals surface area contributed by atoms with E-state index in [0.717, 1.165) is 6.42 Å². The number of aryl methyl sites for hydroxylation is 1. The van der Waals surface area contributed by atoms with Crippen LogP contribution in [0.3, 0.4) is 0 Å². The fourth-order valence-corrected chi connectivity index (χ4v) is 3.32. The van der Waals surface area contributed by atoms with Crippen LogP contribution < -0.4 is 5.73 Å². The van der Waals surface area contributed by atoms with Gasteiger partial charge in [0.2, 0.25) is 0 Å². The van der Waals surface area contributed by atoms with Crippen molar-refractivity contribution >= 4 is 0 Å². The summed E-state index contributed by atoms with van der Waals surface area (Å²) < 4.78 is 2.58. The number of hydrogen-bond acceptors (Lipinski definition) is 1. The van der Waals surface area contributed by atoms with Gasteiger partial charge in [-0.15, -0.1) is 0 Å². The summed E-state index contributed by atoms with van der Waals surface area (Å²) in [6.45, 7) is 6.82. The van der Waals surface area contributed by atoms with Gasteiger partial charge in [-0.3, -0.25) is 0 Å². The van der Waals surface area contributed by atoms with E-state index in [9.17, 15) is 0 Å². The summed E-state index contributed by atoms with van der Waals surface area (Å²) in [6.07, 6.45) is 7.40. The number of rotatable bonds is 4. The van der Waals surface area contributed by atoms with E-state index in [-0.39, 0.29) is 6.04 Å². The van der Waals surface area contributed by atoms with Crippen molar-refractivity contribution in [3.05, 3.63) is 23.0 Å². The van der Waals surface area contributed by atoms with Crippen molar-refractivity contribution in [2.24, 2.45) is 5.73 Å². The van der Waals surface area contributed by atoms with Gasteiger partial charge in [-0.05, 0) is 50.7 Å². The number of nitrogens with zero attached hydrogens (tertiary/aromatic N) is 1. The first-order valence-corrected chi connectivity index (χ1v) is 7.15. The van der Waals surface area contributed by atoms with E-state index in [1.807, 2.05) is 0 Å². The first kappa shape index (κ1) is 12.7. The van der Waals surface area contributed by atoms with Crippen LogP contribution in [0.25, 0.3) is 0 Å². The Balaban J connectivity index is 2.39. The molecule has 0 amide bonds. The van der Waals surface area contributed by atoms with E-state index < -0.39 is 0 Å². The third-order valence-electron chi connectivity index (χ3n) is 4.15. The molecular weight excluding hydrogens is 208 g/mol. The summed E-state index contributed by atoms with van der Waals surface area (Å²) in [5.74, 6) is 0. The van der Waals surface area contributed by atoms with Crippen LogP contribution >= 0.6 is 0 Å². The second-order valence-corrected chi connectivity index (χ2v) is 5.41. The van der Waals surface area contributed by atoms with Crippen molar-refractivity contribution in [2.45, 2.75) is 71.4 Å². The third-order valence-corrected chi connectivity index (χ3v) is 4.15. The molecule has 2 atom stereocenters. The maximum atomic E-state index is 6.23. The Bertz CT molecular complexity index is 379. The van der Waals surface area contributed by atoms with Crippen molar-refractivity contribution < 1.29 is 0 Å². The molecule has 0 saturated heterocycles. The largest absolute Gasteiger partial charge is 0.346 e. The molecule has 0 aromatic carbocycles. The van der Waals surface area contributed by atoms with Gasteiger partial charge in [0.25, 0.3) is 0 Å². The van der Waals surface area contributed by atoms with E-state index in [1.165, 1.54) is 49.1 Å². The highest BCUT2D eigenvalue weighted by Gasteiger charge is 2.24. The normalized spacial score (nSPS) is 21.3. The molecule has 2 unspecified atom stereocenters. The summed E-state index contributed by atoms with van der Waals surface area (Å²) in [5, 5.41) is 0. The molecule has 2 heteroatoms. The van der Waals surface area contributed by atoms with Crippen LogP contribution in [-0.2, 0) is 6.42 Å². The van der Waals surface area contributed by atoms with Crippen molar-refractivity contribution in [3.63, 3.8) is 0 Å². The molecule has 0 saturated carbocycles. The predicted octanol–water partition coefficient (Wildman–Crippen LogP) is 3.88. The van der Waals surface area contributed by atoms with Gasteiger partial charge in [0.1, 0.15) is 0 Å². The molecule has 1 aromatic rings. The molecule has 1 aromatic heterocycles. The molecule has 0 spiro atoms. The minimum absolute atomic E-state index is 0.276. The Labute approximate surface area is 105 Å². The van der Waals surface area contributed by atoms with E-state index in [4.69, 9.17) is 5.73 Å². The lowest BCUT2D eigenvalue weighted by atomic mass is 9.93. The number of fused-ring (bicyclic) bond motifs is 1. The van der Waals surface area contributed by atoms with Crippen molar-refractivity contribution in [2.75, 3.05) is 0 Å². The van der Waals surface area contributed by atoms with Crippen LogP contribution in [0.15, 0.2) is 6.07 Å². The average Bonchev–Trinajstić information content (AvgIpc) is 2.64. The second kappa shape index (κ2) is 5.26. The summed E-state index contributed by atoms with van der Waals surface area (Å²) in [5.41, 5.74) is 10.6. The van der Waals surface area contributed by atoms with Crippen LogP contribution in [0.4, 0.5) is 0 Å². The first-order chi connectivity index (χ1) is 8.19. The molecule has 1 aliphatic rings. The van der Waals surface area contributed by atoms with Crippen molar-refractivity contribution in [1.82, 2.24) is 4.57 Å². The van der Waals surface area contributed by atoms with Crippen LogP contribution in [0.5, 0.6) is 0 Å². The van der Waals surface area contributed by atoms with E-state index in [0.29, 0.717) is 6.04 Å². The van der Waals surface area contributed by atoms with Gasteiger partial charge < -0.3 is 10.3 Å². The Hall–Kier alpha value is -0.760. The van der Waals surface area contributed by atoms with Crippen LogP contribution in [0.2, 0.25) is 0 Å². The zero-order chi connectivity index (χ0) is 12.4. The molecule has 1 aliphatic carbocycles. The molecular formula is C15H26N2. The van der Waals surface area contributed by atoms with Gasteiger partial charge in [-0.2, -0.15) is 0 Å². The average molecular weight is 234 g/mol. The van der Waals surface area contributed by atoms with Crippen molar-refractivity contribution in [3.8, 4) is 0 Å². The lowest BCUT2D eigenvalue weighted by molar-refractivity contribution is 0.418. The number of nitrogens with two attached hydrogens (primary N) is 1. The SMILES string of the molecule is CCCC(CC)n1c(C)cc2c1CCCC2N. The highest BCUT2D eigenvalue weighted by molar-refractivity contribution is 5.33. The Morgan fingerprint density at radius 2 is 2.24 bits per heavy atom. The predicted molar refractivity (Wildman–Crippen MR) is 73.3 cm³/mol. The fourth-order valence-electron chi connectivity index (χ4n) is 3.32. The molecule has 2 N–H and O–H groups in total. The summed E-state index contributed by atoms with van der Waals surface area (Å²) in [6, 6.07) is 3.28. The smallest absolute Gasteiger partial charge is 0.0333 e. The lowest BCUT2D eigenvalue weighted by Crippen LogP contribution is -2.20. The number of aromatic nitrogens is 1. The maximum absolute atomic E-state index is 6.23. The topological polar surface area (TPSA) is 30.9 Å². The van der Waals surface area contributed by atoms with E-state index in [1.54, 1.807) is 0 Å². The van der Waals surface area contributed by atoms with Crippen molar-refractivity contribution in [1.29, 1.82) is 0 Å². The van der Waals surface area contributed by atoms with Gasteiger partial charge in [0, 0.05) is 23.5 Å². The van der Waals surface area contributed by atoms with Gasteiger partial charge in [-0.25, -0.2) is 0 Å². The van der Waals surface area contributed by atoms with E-state index >= 15 is 0 Å². The monoisotopic (exact) mass is 234 g/mol. The first-order valence-electron chi connectivity index (χ1n) is 7.15. The van der Waals surface area contributed by atoms with Gasteiger partial charge in [0.15, 0.2) is 0 Å². The Kier molecular flexibility index (Phi) is 3.93. The zero-order valence-electron chi connectivity index (χ0n) is 11.5. The molecule has 96 valence electrons. The lowest BCUT2D eigenvalue weighted by Gasteiger charge is -2.26. The second-order valence-electron chi connectivity index (χ2n) is 5.41. The molecule has 0 fully saturated rings. The van der Waals surface area contributed by atoms with E-state index in [2.05, 4.69) is 31.4 Å². The fraction of sp³-hybridized carbons (Fsp3) is 0.733. The van der Waals surface area contributed by atoms with Crippen LogP contribution in [0, 0.1) is 6.92 Å². The van der Waals surface area contributed by atoms with Gasteiger partial charge in [-0.1, -0.05) is 20.3 Å². The zero-order valence-corrected chi connectivity index (χ0v) is 11.5. The molecule has 0 radical (unpaired) electrons. The van der Waals surface area contributed by atoms with Gasteiger partial charge >= 0.3 is 0 Å². The molecule has 1 heterocycles. The Morgan fingerprint density at radius 1 is 1.47 bits per heavy atom. The highest BCUT2D eigenvalue weighted by atomic mass is 15.0. The minimum Gasteiger partial charge on any atom is -0.346 e. The maximum Gasteiger partial charge on any atom is 0.0333 e. The van der Waals surface area contributed by atoms with Crippen LogP contribution in [-0.4, -0.2) is 4.57 Å². The number of hydrogen-bond donors (Lipinski definition) is 1. The standard InChI is InChI=1S/C15H26N2/c1-4-7-12(5-2)17-11(3)10-13-14(16)8-6-9-15(13)17/h10,12,14H,4-9,16H2,1-3H3. The molecule has 2 rings (SSSR count). The quantitative estimate of drug-likeness (QED) is 0.842. The van der Waals surface area contributed by atoms with Gasteiger partial charge in [0.05, 0.1) is 0 Å². The molecule has 0 aliphatic heterocycles.